The van der Waals surface area contributed by atoms with E-state index in [9.17, 15) is 22.8 Å². The number of primary amides is 1. The number of benzene rings is 1. The molecular weight excluding hydrogens is 499 g/mol. The maximum absolute atomic E-state index is 13.6. The quantitative estimate of drug-likeness (QED) is 0.510. The number of alkyl halides is 3. The van der Waals surface area contributed by atoms with Crippen molar-refractivity contribution in [1.29, 1.82) is 0 Å². The first kappa shape index (κ1) is 27.7. The van der Waals surface area contributed by atoms with Gasteiger partial charge < -0.3 is 25.6 Å². The summed E-state index contributed by atoms with van der Waals surface area (Å²) in [5.74, 6) is -0.928. The van der Waals surface area contributed by atoms with Gasteiger partial charge in [0.25, 0.3) is 11.8 Å². The maximum atomic E-state index is 13.6. The van der Waals surface area contributed by atoms with Crippen LogP contribution in [0, 0.1) is 5.41 Å². The third-order valence-electron chi connectivity index (χ3n) is 7.73. The molecule has 1 aliphatic heterocycles. The molecule has 2 aliphatic rings. The minimum absolute atomic E-state index is 0.0141. The van der Waals surface area contributed by atoms with Crippen LogP contribution >= 0.6 is 0 Å². The Kier molecular flexibility index (Phi) is 8.15. The van der Waals surface area contributed by atoms with Gasteiger partial charge in [0, 0.05) is 49.7 Å². The predicted molar refractivity (Wildman–Crippen MR) is 137 cm³/mol. The molecule has 206 valence electrons. The highest BCUT2D eigenvalue weighted by Gasteiger charge is 2.43. The van der Waals surface area contributed by atoms with Gasteiger partial charge in [0.1, 0.15) is 5.56 Å². The number of rotatable bonds is 9. The van der Waals surface area contributed by atoms with Crippen molar-refractivity contribution < 1.29 is 27.5 Å². The first-order valence-corrected chi connectivity index (χ1v) is 12.8. The first-order valence-electron chi connectivity index (χ1n) is 12.8. The molecule has 4 rings (SSSR count). The zero-order valence-electron chi connectivity index (χ0n) is 21.7. The largest absolute Gasteiger partial charge is 0.477 e. The minimum Gasteiger partial charge on any atom is -0.477 e. The van der Waals surface area contributed by atoms with E-state index in [1.165, 1.54) is 6.20 Å². The Hall–Kier alpha value is -3.34. The summed E-state index contributed by atoms with van der Waals surface area (Å²) in [6.45, 7) is 5.07. The van der Waals surface area contributed by atoms with Crippen LogP contribution in [0.4, 0.5) is 18.9 Å². The second kappa shape index (κ2) is 11.2. The Bertz CT molecular complexity index is 1160. The number of hydrogen-bond acceptors (Lipinski definition) is 6. The van der Waals surface area contributed by atoms with Crippen LogP contribution in [0.25, 0.3) is 0 Å². The second-order valence-corrected chi connectivity index (χ2v) is 10.3. The number of nitrogens with two attached hydrogens (primary N) is 1. The van der Waals surface area contributed by atoms with Crippen molar-refractivity contribution in [1.82, 2.24) is 15.2 Å². The fourth-order valence-corrected chi connectivity index (χ4v) is 5.24. The van der Waals surface area contributed by atoms with E-state index in [1.54, 1.807) is 18.2 Å². The molecule has 38 heavy (non-hydrogen) atoms. The molecule has 0 bridgehead atoms. The summed E-state index contributed by atoms with van der Waals surface area (Å²) in [6.07, 6.45) is -0.114. The lowest BCUT2D eigenvalue weighted by Crippen LogP contribution is -2.51. The van der Waals surface area contributed by atoms with Crippen molar-refractivity contribution >= 4 is 17.5 Å². The average molecular weight is 534 g/mol. The number of anilines is 1. The van der Waals surface area contributed by atoms with Gasteiger partial charge in [-0.05, 0) is 62.1 Å². The molecule has 1 aliphatic carbocycles. The van der Waals surface area contributed by atoms with Gasteiger partial charge in [0.2, 0.25) is 5.88 Å². The average Bonchev–Trinajstić information content (AvgIpc) is 2.86. The van der Waals surface area contributed by atoms with E-state index in [4.69, 9.17) is 10.5 Å². The Morgan fingerprint density at radius 2 is 1.89 bits per heavy atom. The SMILES string of the molecule is CCC1(CCOc2ncccc2C(N)=O)CC(NC(=O)c2cc(N3CCN(C)CC3)cc(C(F)(F)F)c2)C1. The molecule has 3 N–H and O–H groups in total. The van der Waals surface area contributed by atoms with Gasteiger partial charge in [-0.15, -0.1) is 0 Å². The van der Waals surface area contributed by atoms with Gasteiger partial charge >= 0.3 is 6.18 Å². The fourth-order valence-electron chi connectivity index (χ4n) is 5.24. The Morgan fingerprint density at radius 3 is 2.53 bits per heavy atom. The number of ether oxygens (including phenoxy) is 1. The third kappa shape index (κ3) is 6.38. The number of carbonyl (C=O) groups excluding carboxylic acids is 2. The number of likely N-dealkylation sites (N-methyl/N-ethyl adjacent to an activating group) is 1. The summed E-state index contributed by atoms with van der Waals surface area (Å²) in [7, 11) is 1.97. The highest BCUT2D eigenvalue weighted by molar-refractivity contribution is 5.96. The minimum atomic E-state index is -4.55. The van der Waals surface area contributed by atoms with Gasteiger partial charge in [0.15, 0.2) is 0 Å². The molecule has 8 nitrogen and oxygen atoms in total. The number of hydrogen-bond donors (Lipinski definition) is 2. The molecule has 1 aromatic carbocycles. The van der Waals surface area contributed by atoms with Crippen LogP contribution in [0.15, 0.2) is 36.5 Å². The molecule has 0 unspecified atom stereocenters. The monoisotopic (exact) mass is 533 g/mol. The molecule has 0 atom stereocenters. The van der Waals surface area contributed by atoms with Gasteiger partial charge in [-0.2, -0.15) is 13.2 Å². The number of piperazine rings is 1. The molecule has 11 heteroatoms. The van der Waals surface area contributed by atoms with Crippen LogP contribution in [-0.2, 0) is 6.18 Å². The van der Waals surface area contributed by atoms with Crippen molar-refractivity contribution in [2.75, 3.05) is 44.7 Å². The van der Waals surface area contributed by atoms with Crippen molar-refractivity contribution in [3.63, 3.8) is 0 Å². The molecule has 1 saturated carbocycles. The number of pyridine rings is 1. The van der Waals surface area contributed by atoms with E-state index in [0.717, 1.165) is 31.6 Å². The van der Waals surface area contributed by atoms with Crippen LogP contribution in [0.3, 0.4) is 0 Å². The summed E-state index contributed by atoms with van der Waals surface area (Å²) in [5.41, 5.74) is 5.12. The smallest absolute Gasteiger partial charge is 0.416 e. The molecule has 1 aromatic heterocycles. The van der Waals surface area contributed by atoms with Crippen LogP contribution in [0.2, 0.25) is 0 Å². The molecule has 2 heterocycles. The molecule has 2 fully saturated rings. The first-order chi connectivity index (χ1) is 18.0. The highest BCUT2D eigenvalue weighted by Crippen LogP contribution is 2.47. The van der Waals surface area contributed by atoms with Crippen LogP contribution in [0.5, 0.6) is 5.88 Å². The second-order valence-electron chi connectivity index (χ2n) is 10.3. The number of carbonyl (C=O) groups is 2. The Balaban J connectivity index is 1.37. The number of nitrogens with zero attached hydrogens (tertiary/aromatic N) is 3. The summed E-state index contributed by atoms with van der Waals surface area (Å²) in [4.78, 5) is 32.7. The lowest BCUT2D eigenvalue weighted by Gasteiger charge is -2.47. The van der Waals surface area contributed by atoms with Crippen molar-refractivity contribution in [3.8, 4) is 5.88 Å². The molecular formula is C27H34F3N5O3. The van der Waals surface area contributed by atoms with Gasteiger partial charge in [-0.25, -0.2) is 4.98 Å². The standard InChI is InChI=1S/C27H34F3N5O3/c1-3-26(6-12-38-25-22(23(31)36)5-4-7-32-25)16-20(17-26)33-24(37)18-13-19(27(28,29)30)15-21(14-18)35-10-8-34(2)9-11-35/h4-5,7,13-15,20H,3,6,8-12,16-17H2,1-2H3,(H2,31,36)(H,33,37). The number of nitrogens with one attached hydrogen (secondary N) is 1. The topological polar surface area (TPSA) is 101 Å². The fraction of sp³-hybridized carbons (Fsp3) is 0.519. The van der Waals surface area contributed by atoms with E-state index in [1.807, 2.05) is 11.9 Å². The van der Waals surface area contributed by atoms with Crippen LogP contribution in [0.1, 0.15) is 58.9 Å². The summed E-state index contributed by atoms with van der Waals surface area (Å²) >= 11 is 0. The lowest BCUT2D eigenvalue weighted by molar-refractivity contribution is -0.137. The van der Waals surface area contributed by atoms with Gasteiger partial charge in [-0.3, -0.25) is 9.59 Å². The van der Waals surface area contributed by atoms with E-state index in [-0.39, 0.29) is 28.5 Å². The van der Waals surface area contributed by atoms with E-state index >= 15 is 0 Å². The van der Waals surface area contributed by atoms with Crippen LogP contribution in [-0.4, -0.2) is 67.6 Å². The van der Waals surface area contributed by atoms with Crippen molar-refractivity contribution in [2.24, 2.45) is 11.1 Å². The summed E-state index contributed by atoms with van der Waals surface area (Å²) in [5, 5.41) is 2.92. The normalized spacial score (nSPS) is 22.0. The molecule has 0 spiro atoms. The maximum Gasteiger partial charge on any atom is 0.416 e. The molecule has 2 aromatic rings. The van der Waals surface area contributed by atoms with E-state index in [0.29, 0.717) is 44.6 Å². The van der Waals surface area contributed by atoms with Gasteiger partial charge in [0.05, 0.1) is 12.2 Å². The van der Waals surface area contributed by atoms with E-state index in [2.05, 4.69) is 22.1 Å². The molecule has 1 saturated heterocycles. The third-order valence-corrected chi connectivity index (χ3v) is 7.73. The Morgan fingerprint density at radius 1 is 1.18 bits per heavy atom. The number of aromatic nitrogens is 1. The summed E-state index contributed by atoms with van der Waals surface area (Å²) < 4.78 is 46.6. The van der Waals surface area contributed by atoms with Crippen LogP contribution < -0.4 is 20.7 Å². The number of halogens is 3. The number of amides is 2. The zero-order valence-corrected chi connectivity index (χ0v) is 21.7. The van der Waals surface area contributed by atoms with E-state index < -0.39 is 23.6 Å². The molecule has 2 amide bonds. The lowest BCUT2D eigenvalue weighted by atomic mass is 9.62. The van der Waals surface area contributed by atoms with Gasteiger partial charge in [-0.1, -0.05) is 13.3 Å². The summed E-state index contributed by atoms with van der Waals surface area (Å²) in [6, 6.07) is 6.63. The molecule has 0 radical (unpaired) electrons. The Labute approximate surface area is 220 Å². The zero-order chi connectivity index (χ0) is 27.5. The van der Waals surface area contributed by atoms with Crippen molar-refractivity contribution in [2.45, 2.75) is 44.8 Å². The highest BCUT2D eigenvalue weighted by atomic mass is 19.4. The predicted octanol–water partition coefficient (Wildman–Crippen LogP) is 3.71. The van der Waals surface area contributed by atoms with Crippen molar-refractivity contribution in [3.05, 3.63) is 53.2 Å².